The largest absolute Gasteiger partial charge is 0.352 e. The van der Waals surface area contributed by atoms with Gasteiger partial charge in [-0.2, -0.15) is 0 Å². The van der Waals surface area contributed by atoms with Gasteiger partial charge in [-0.15, -0.1) is 0 Å². The highest BCUT2D eigenvalue weighted by atomic mass is 15.2. The second-order valence-corrected chi connectivity index (χ2v) is 5.28. The summed E-state index contributed by atoms with van der Waals surface area (Å²) in [5.74, 6) is 2.38. The van der Waals surface area contributed by atoms with Crippen molar-refractivity contribution in [3.8, 4) is 0 Å². The monoisotopic (exact) mass is 234 g/mol. The zero-order valence-electron chi connectivity index (χ0n) is 10.9. The van der Waals surface area contributed by atoms with Crippen LogP contribution in [0, 0.1) is 11.8 Å². The van der Waals surface area contributed by atoms with E-state index < -0.39 is 0 Å². The molecule has 1 aromatic heterocycles. The Hall–Kier alpha value is -1.16. The minimum Gasteiger partial charge on any atom is -0.352 e. The molecule has 0 amide bonds. The van der Waals surface area contributed by atoms with E-state index in [-0.39, 0.29) is 0 Å². The Kier molecular flexibility index (Phi) is 3.62. The van der Waals surface area contributed by atoms with Gasteiger partial charge < -0.3 is 10.6 Å². The van der Waals surface area contributed by atoms with E-state index in [4.69, 9.17) is 5.73 Å². The third kappa shape index (κ3) is 2.57. The maximum Gasteiger partial charge on any atom is 0.147 e. The quantitative estimate of drug-likeness (QED) is 0.848. The molecule has 2 heterocycles. The van der Waals surface area contributed by atoms with Gasteiger partial charge in [0.1, 0.15) is 5.82 Å². The third-order valence-electron chi connectivity index (χ3n) is 3.77. The van der Waals surface area contributed by atoms with Crippen molar-refractivity contribution >= 4 is 5.82 Å². The highest BCUT2D eigenvalue weighted by molar-refractivity contribution is 5.38. The summed E-state index contributed by atoms with van der Waals surface area (Å²) < 4.78 is 0. The first-order valence-electron chi connectivity index (χ1n) is 6.39. The van der Waals surface area contributed by atoms with E-state index in [1.807, 2.05) is 6.20 Å². The van der Waals surface area contributed by atoms with Crippen molar-refractivity contribution in [1.29, 1.82) is 0 Å². The number of rotatable bonds is 2. The number of nitrogens with two attached hydrogens (primary N) is 1. The molecule has 0 aliphatic carbocycles. The van der Waals surface area contributed by atoms with Gasteiger partial charge in [0, 0.05) is 25.3 Å². The van der Waals surface area contributed by atoms with E-state index in [2.05, 4.69) is 35.6 Å². The third-order valence-corrected chi connectivity index (χ3v) is 3.77. The topological polar surface area (TPSA) is 55.0 Å². The molecule has 0 radical (unpaired) electrons. The molecule has 0 saturated carbocycles. The van der Waals surface area contributed by atoms with E-state index in [1.165, 1.54) is 6.42 Å². The van der Waals surface area contributed by atoms with Gasteiger partial charge in [-0.1, -0.05) is 13.8 Å². The van der Waals surface area contributed by atoms with Crippen LogP contribution < -0.4 is 10.6 Å². The fourth-order valence-electron chi connectivity index (χ4n) is 2.65. The SMILES string of the molecule is CC1CC(C)C(C)N(c2cncc(CN)n2)C1. The summed E-state index contributed by atoms with van der Waals surface area (Å²) in [6.07, 6.45) is 4.88. The minimum absolute atomic E-state index is 0.453. The molecule has 3 atom stereocenters. The van der Waals surface area contributed by atoms with Crippen LogP contribution in [-0.2, 0) is 6.54 Å². The van der Waals surface area contributed by atoms with Crippen molar-refractivity contribution in [2.24, 2.45) is 17.6 Å². The number of hydrogen-bond acceptors (Lipinski definition) is 4. The summed E-state index contributed by atoms with van der Waals surface area (Å²) in [4.78, 5) is 11.2. The van der Waals surface area contributed by atoms with E-state index in [1.54, 1.807) is 6.20 Å². The standard InChI is InChI=1S/C13H22N4/c1-9-4-10(2)11(3)17(8-9)13-7-15-6-12(5-14)16-13/h6-7,9-11H,4-5,8,14H2,1-3H3. The second-order valence-electron chi connectivity index (χ2n) is 5.28. The summed E-state index contributed by atoms with van der Waals surface area (Å²) in [5.41, 5.74) is 6.48. The molecule has 4 heteroatoms. The average molecular weight is 234 g/mol. The van der Waals surface area contributed by atoms with Crippen LogP contribution in [0.25, 0.3) is 0 Å². The van der Waals surface area contributed by atoms with Gasteiger partial charge in [0.15, 0.2) is 0 Å². The van der Waals surface area contributed by atoms with E-state index in [0.29, 0.717) is 24.4 Å². The first-order valence-corrected chi connectivity index (χ1v) is 6.39. The van der Waals surface area contributed by atoms with E-state index in [9.17, 15) is 0 Å². The Morgan fingerprint density at radius 3 is 2.82 bits per heavy atom. The van der Waals surface area contributed by atoms with Crippen molar-refractivity contribution in [3.05, 3.63) is 18.1 Å². The molecule has 4 nitrogen and oxygen atoms in total. The van der Waals surface area contributed by atoms with Crippen molar-refractivity contribution in [3.63, 3.8) is 0 Å². The van der Waals surface area contributed by atoms with Crippen LogP contribution in [0.3, 0.4) is 0 Å². The van der Waals surface area contributed by atoms with Crippen molar-refractivity contribution < 1.29 is 0 Å². The summed E-state index contributed by atoms with van der Waals surface area (Å²) in [6.45, 7) is 8.40. The molecule has 0 spiro atoms. The number of piperidine rings is 1. The van der Waals surface area contributed by atoms with Crippen LogP contribution in [0.15, 0.2) is 12.4 Å². The Morgan fingerprint density at radius 2 is 2.12 bits per heavy atom. The molecule has 0 aromatic carbocycles. The summed E-state index contributed by atoms with van der Waals surface area (Å²) in [7, 11) is 0. The van der Waals surface area contributed by atoms with Crippen molar-refractivity contribution in [1.82, 2.24) is 9.97 Å². The van der Waals surface area contributed by atoms with Crippen molar-refractivity contribution in [2.75, 3.05) is 11.4 Å². The predicted molar refractivity (Wildman–Crippen MR) is 69.7 cm³/mol. The normalized spacial score (nSPS) is 29.4. The molecule has 1 aliphatic heterocycles. The smallest absolute Gasteiger partial charge is 0.147 e. The zero-order chi connectivity index (χ0) is 12.4. The fourth-order valence-corrected chi connectivity index (χ4v) is 2.65. The van der Waals surface area contributed by atoms with Crippen LogP contribution in [0.2, 0.25) is 0 Å². The van der Waals surface area contributed by atoms with Crippen LogP contribution in [-0.4, -0.2) is 22.6 Å². The highest BCUT2D eigenvalue weighted by Crippen LogP contribution is 2.29. The number of nitrogens with zero attached hydrogens (tertiary/aromatic N) is 3. The maximum absolute atomic E-state index is 5.62. The predicted octanol–water partition coefficient (Wildman–Crippen LogP) is 1.81. The van der Waals surface area contributed by atoms with Gasteiger partial charge in [-0.3, -0.25) is 4.98 Å². The summed E-state index contributed by atoms with van der Waals surface area (Å²) in [5, 5.41) is 0. The highest BCUT2D eigenvalue weighted by Gasteiger charge is 2.29. The zero-order valence-corrected chi connectivity index (χ0v) is 10.9. The molecule has 2 rings (SSSR count). The van der Waals surface area contributed by atoms with Crippen LogP contribution in [0.5, 0.6) is 0 Å². The Balaban J connectivity index is 2.24. The van der Waals surface area contributed by atoms with Crippen LogP contribution in [0.4, 0.5) is 5.82 Å². The lowest BCUT2D eigenvalue weighted by molar-refractivity contribution is 0.295. The van der Waals surface area contributed by atoms with Gasteiger partial charge in [0.25, 0.3) is 0 Å². The number of aromatic nitrogens is 2. The van der Waals surface area contributed by atoms with E-state index in [0.717, 1.165) is 18.1 Å². The van der Waals surface area contributed by atoms with Gasteiger partial charge in [0.05, 0.1) is 11.9 Å². The molecule has 17 heavy (non-hydrogen) atoms. The molecule has 2 N–H and O–H groups in total. The Labute approximate surface area is 103 Å². The Morgan fingerprint density at radius 1 is 1.35 bits per heavy atom. The van der Waals surface area contributed by atoms with Crippen LogP contribution >= 0.6 is 0 Å². The van der Waals surface area contributed by atoms with Crippen LogP contribution in [0.1, 0.15) is 32.9 Å². The minimum atomic E-state index is 0.453. The molecule has 94 valence electrons. The number of hydrogen-bond donors (Lipinski definition) is 1. The molecule has 1 saturated heterocycles. The van der Waals surface area contributed by atoms with Gasteiger partial charge in [-0.25, -0.2) is 4.98 Å². The molecule has 1 aromatic rings. The first kappa shape index (κ1) is 12.3. The lowest BCUT2D eigenvalue weighted by atomic mass is 9.86. The lowest BCUT2D eigenvalue weighted by Crippen LogP contribution is -2.46. The summed E-state index contributed by atoms with van der Waals surface area (Å²) in [6, 6.07) is 0.522. The second kappa shape index (κ2) is 5.00. The molecule has 3 unspecified atom stereocenters. The number of anilines is 1. The fraction of sp³-hybridized carbons (Fsp3) is 0.692. The molecule has 0 bridgehead atoms. The Bertz CT molecular complexity index is 379. The van der Waals surface area contributed by atoms with Gasteiger partial charge in [0.2, 0.25) is 0 Å². The molecule has 1 aliphatic rings. The average Bonchev–Trinajstić information content (AvgIpc) is 2.34. The van der Waals surface area contributed by atoms with Gasteiger partial charge >= 0.3 is 0 Å². The van der Waals surface area contributed by atoms with E-state index >= 15 is 0 Å². The maximum atomic E-state index is 5.62. The van der Waals surface area contributed by atoms with Gasteiger partial charge in [-0.05, 0) is 25.2 Å². The lowest BCUT2D eigenvalue weighted by Gasteiger charge is -2.41. The molecular weight excluding hydrogens is 212 g/mol. The van der Waals surface area contributed by atoms with Crippen molar-refractivity contribution in [2.45, 2.75) is 39.8 Å². The first-order chi connectivity index (χ1) is 8.11. The molecule has 1 fully saturated rings. The summed E-state index contributed by atoms with van der Waals surface area (Å²) >= 11 is 0. The molecular formula is C13H22N4.